The van der Waals surface area contributed by atoms with E-state index in [-0.39, 0.29) is 18.3 Å². The largest absolute Gasteiger partial charge is 0.339 e. The quantitative estimate of drug-likeness (QED) is 0.712. The van der Waals surface area contributed by atoms with Gasteiger partial charge >= 0.3 is 0 Å². The van der Waals surface area contributed by atoms with E-state index < -0.39 is 0 Å². The molecule has 0 aliphatic carbocycles. The lowest BCUT2D eigenvalue weighted by Gasteiger charge is -2.31. The van der Waals surface area contributed by atoms with E-state index >= 15 is 0 Å². The highest BCUT2D eigenvalue weighted by atomic mass is 35.5. The Hall–Kier alpha value is -1.20. The molecule has 3 nitrogen and oxygen atoms in total. The molecule has 0 spiro atoms. The van der Waals surface area contributed by atoms with Crippen LogP contribution in [-0.4, -0.2) is 37.0 Å². The van der Waals surface area contributed by atoms with Crippen LogP contribution >= 0.6 is 35.8 Å². The molecule has 6 heteroatoms. The number of carbonyl (C=O) groups is 1. The van der Waals surface area contributed by atoms with E-state index in [2.05, 4.69) is 5.32 Å². The Morgan fingerprint density at radius 2 is 1.73 bits per heavy atom. The van der Waals surface area contributed by atoms with Crippen LogP contribution in [0, 0.1) is 0 Å². The van der Waals surface area contributed by atoms with E-state index in [1.54, 1.807) is 11.8 Å². The zero-order chi connectivity index (χ0) is 17.6. The highest BCUT2D eigenvalue weighted by molar-refractivity contribution is 7.98. The van der Waals surface area contributed by atoms with E-state index in [9.17, 15) is 4.79 Å². The molecule has 0 aromatic heterocycles. The van der Waals surface area contributed by atoms with Crippen molar-refractivity contribution in [1.82, 2.24) is 10.2 Å². The highest BCUT2D eigenvalue weighted by Crippen LogP contribution is 2.24. The summed E-state index contributed by atoms with van der Waals surface area (Å²) in [5.74, 6) is 0.990. The molecule has 1 N–H and O–H groups in total. The van der Waals surface area contributed by atoms with Crippen molar-refractivity contribution in [2.75, 3.05) is 20.1 Å². The summed E-state index contributed by atoms with van der Waals surface area (Å²) in [5.41, 5.74) is 1.97. The van der Waals surface area contributed by atoms with E-state index in [0.717, 1.165) is 42.3 Å². The highest BCUT2D eigenvalue weighted by Gasteiger charge is 2.22. The summed E-state index contributed by atoms with van der Waals surface area (Å²) < 4.78 is 0. The van der Waals surface area contributed by atoms with Crippen LogP contribution in [0.15, 0.2) is 53.4 Å². The van der Waals surface area contributed by atoms with Crippen molar-refractivity contribution in [3.05, 3.63) is 64.7 Å². The van der Waals surface area contributed by atoms with Gasteiger partial charge < -0.3 is 10.2 Å². The van der Waals surface area contributed by atoms with Gasteiger partial charge in [0.15, 0.2) is 0 Å². The monoisotopic (exact) mass is 410 g/mol. The molecule has 0 saturated carbocycles. The smallest absolute Gasteiger partial charge is 0.253 e. The van der Waals surface area contributed by atoms with Crippen molar-refractivity contribution in [2.24, 2.45) is 0 Å². The molecule has 2 aromatic rings. The number of benzene rings is 2. The molecule has 1 amide bonds. The van der Waals surface area contributed by atoms with Crippen molar-refractivity contribution in [2.45, 2.75) is 29.5 Å². The van der Waals surface area contributed by atoms with Crippen molar-refractivity contribution < 1.29 is 4.79 Å². The van der Waals surface area contributed by atoms with Crippen LogP contribution in [0.3, 0.4) is 0 Å². The molecule has 3 rings (SSSR count). The van der Waals surface area contributed by atoms with Gasteiger partial charge in [0.1, 0.15) is 0 Å². The van der Waals surface area contributed by atoms with Gasteiger partial charge in [-0.15, -0.1) is 24.2 Å². The number of piperidine rings is 1. The second kappa shape index (κ2) is 10.2. The minimum absolute atomic E-state index is 0. The molecule has 1 aliphatic heterocycles. The second-order valence-corrected chi connectivity index (χ2v) is 7.82. The van der Waals surface area contributed by atoms with Crippen LogP contribution in [-0.2, 0) is 5.75 Å². The topological polar surface area (TPSA) is 32.3 Å². The third kappa shape index (κ3) is 5.65. The summed E-state index contributed by atoms with van der Waals surface area (Å²) in [6.07, 6.45) is 2.05. The summed E-state index contributed by atoms with van der Waals surface area (Å²) in [4.78, 5) is 15.7. The van der Waals surface area contributed by atoms with Gasteiger partial charge in [0.05, 0.1) is 0 Å². The molecule has 0 unspecified atom stereocenters. The number of halogens is 2. The first-order chi connectivity index (χ1) is 12.1. The second-order valence-electron chi connectivity index (χ2n) is 6.34. The standard InChI is InChI=1S/C20H23ClN2OS.ClH/c1-23(18-10-12-22-13-11-18)20(24)16-4-2-15(3-5-16)14-25-19-8-6-17(21)7-9-19;/h2-9,18,22H,10-14H2,1H3;1H. The van der Waals surface area contributed by atoms with Gasteiger partial charge in [-0.3, -0.25) is 4.79 Å². The maximum absolute atomic E-state index is 12.7. The lowest BCUT2D eigenvalue weighted by Crippen LogP contribution is -2.43. The third-order valence-electron chi connectivity index (χ3n) is 4.60. The van der Waals surface area contributed by atoms with Crippen LogP contribution in [0.5, 0.6) is 0 Å². The summed E-state index contributed by atoms with van der Waals surface area (Å²) in [5, 5.41) is 4.09. The average Bonchev–Trinajstić information content (AvgIpc) is 2.67. The normalized spacial score (nSPS) is 14.5. The number of carbonyl (C=O) groups excluding carboxylic acids is 1. The lowest BCUT2D eigenvalue weighted by molar-refractivity contribution is 0.0703. The first-order valence-corrected chi connectivity index (χ1v) is 9.95. The van der Waals surface area contributed by atoms with E-state index in [0.29, 0.717) is 6.04 Å². The Balaban J connectivity index is 0.00000243. The van der Waals surface area contributed by atoms with Crippen LogP contribution in [0.4, 0.5) is 0 Å². The minimum atomic E-state index is 0. The van der Waals surface area contributed by atoms with E-state index in [4.69, 9.17) is 11.6 Å². The number of amides is 1. The van der Waals surface area contributed by atoms with Crippen molar-refractivity contribution >= 4 is 41.7 Å². The van der Waals surface area contributed by atoms with Crippen molar-refractivity contribution in [1.29, 1.82) is 0 Å². The van der Waals surface area contributed by atoms with Crippen LogP contribution in [0.25, 0.3) is 0 Å². The van der Waals surface area contributed by atoms with E-state index in [1.807, 2.05) is 60.5 Å². The maximum atomic E-state index is 12.7. The van der Waals surface area contributed by atoms with Gasteiger partial charge in [-0.05, 0) is 67.9 Å². The molecule has 1 heterocycles. The van der Waals surface area contributed by atoms with Crippen LogP contribution in [0.1, 0.15) is 28.8 Å². The van der Waals surface area contributed by atoms with E-state index in [1.165, 1.54) is 10.5 Å². The SMILES string of the molecule is CN(C(=O)c1ccc(CSc2ccc(Cl)cc2)cc1)C1CCNCC1.Cl. The number of thioether (sulfide) groups is 1. The molecule has 140 valence electrons. The molecular weight excluding hydrogens is 387 g/mol. The first-order valence-electron chi connectivity index (χ1n) is 8.58. The molecule has 0 atom stereocenters. The molecule has 1 saturated heterocycles. The fourth-order valence-corrected chi connectivity index (χ4v) is 3.98. The van der Waals surface area contributed by atoms with Gasteiger partial charge in [0.25, 0.3) is 5.91 Å². The Morgan fingerprint density at radius 3 is 2.35 bits per heavy atom. The number of nitrogens with zero attached hydrogens (tertiary/aromatic N) is 1. The van der Waals surface area contributed by atoms with Gasteiger partial charge in [0.2, 0.25) is 0 Å². The molecular formula is C20H24Cl2N2OS. The minimum Gasteiger partial charge on any atom is -0.339 e. The Kier molecular flexibility index (Phi) is 8.29. The number of hydrogen-bond donors (Lipinski definition) is 1. The fraction of sp³-hybridized carbons (Fsp3) is 0.350. The molecule has 0 bridgehead atoms. The number of nitrogens with one attached hydrogen (secondary N) is 1. The molecule has 1 fully saturated rings. The number of rotatable bonds is 5. The summed E-state index contributed by atoms with van der Waals surface area (Å²) in [6.45, 7) is 1.98. The third-order valence-corrected chi connectivity index (χ3v) is 5.93. The molecule has 2 aromatic carbocycles. The summed E-state index contributed by atoms with van der Waals surface area (Å²) >= 11 is 7.67. The van der Waals surface area contributed by atoms with Crippen molar-refractivity contribution in [3.63, 3.8) is 0 Å². The van der Waals surface area contributed by atoms with Crippen LogP contribution in [0.2, 0.25) is 5.02 Å². The maximum Gasteiger partial charge on any atom is 0.253 e. The van der Waals surface area contributed by atoms with Gasteiger partial charge in [-0.25, -0.2) is 0 Å². The van der Waals surface area contributed by atoms with Gasteiger partial charge in [-0.1, -0.05) is 23.7 Å². The zero-order valence-corrected chi connectivity index (χ0v) is 17.2. The fourth-order valence-electron chi connectivity index (χ4n) is 3.00. The molecule has 1 aliphatic rings. The van der Waals surface area contributed by atoms with Crippen molar-refractivity contribution in [3.8, 4) is 0 Å². The zero-order valence-electron chi connectivity index (χ0n) is 14.8. The van der Waals surface area contributed by atoms with Crippen LogP contribution < -0.4 is 5.32 Å². The summed E-state index contributed by atoms with van der Waals surface area (Å²) in [6, 6.07) is 16.2. The predicted molar refractivity (Wildman–Crippen MR) is 113 cm³/mol. The van der Waals surface area contributed by atoms with Gasteiger partial charge in [-0.2, -0.15) is 0 Å². The molecule has 26 heavy (non-hydrogen) atoms. The predicted octanol–water partition coefficient (Wildman–Crippen LogP) is 4.88. The number of hydrogen-bond acceptors (Lipinski definition) is 3. The van der Waals surface area contributed by atoms with Gasteiger partial charge in [0, 0.05) is 34.3 Å². The summed E-state index contributed by atoms with van der Waals surface area (Å²) in [7, 11) is 1.92. The Morgan fingerprint density at radius 1 is 1.12 bits per heavy atom. The first kappa shape index (κ1) is 21.1. The Bertz CT molecular complexity index is 701. The molecule has 0 radical (unpaired) electrons. The lowest BCUT2D eigenvalue weighted by atomic mass is 10.0. The Labute approximate surface area is 170 Å². The average molecular weight is 411 g/mol.